The van der Waals surface area contributed by atoms with Crippen molar-refractivity contribution in [2.24, 2.45) is 0 Å². The standard InChI is InChI=1S/C13H18N2O3S/c1-2-8-18-9-6-12(17)15-13-14-10-11(19-13)5-3-4-7-16/h10,16H,2,4,6-9H2,1H3,(H,14,15,17). The zero-order chi connectivity index (χ0) is 13.9. The maximum atomic E-state index is 11.6. The molecule has 1 heterocycles. The van der Waals surface area contributed by atoms with Crippen LogP contribution in [-0.2, 0) is 9.53 Å². The molecule has 0 fully saturated rings. The fourth-order valence-electron chi connectivity index (χ4n) is 1.19. The van der Waals surface area contributed by atoms with Gasteiger partial charge in [-0.1, -0.05) is 30.1 Å². The van der Waals surface area contributed by atoms with Crippen molar-refractivity contribution in [1.29, 1.82) is 0 Å². The Balaban J connectivity index is 2.33. The Bertz CT molecular complexity index is 448. The van der Waals surface area contributed by atoms with E-state index >= 15 is 0 Å². The fraction of sp³-hybridized carbons (Fsp3) is 0.538. The van der Waals surface area contributed by atoms with Gasteiger partial charge in [0.05, 0.1) is 30.7 Å². The molecule has 0 spiro atoms. The summed E-state index contributed by atoms with van der Waals surface area (Å²) in [5, 5.41) is 11.8. The summed E-state index contributed by atoms with van der Waals surface area (Å²) in [6, 6.07) is 0. The molecule has 0 aliphatic heterocycles. The van der Waals surface area contributed by atoms with Gasteiger partial charge in [-0.05, 0) is 6.42 Å². The number of hydrogen-bond acceptors (Lipinski definition) is 5. The van der Waals surface area contributed by atoms with Gasteiger partial charge in [0.15, 0.2) is 5.13 Å². The number of carbonyl (C=O) groups excluding carboxylic acids is 1. The second-order valence-electron chi connectivity index (χ2n) is 3.72. The number of aliphatic hydroxyl groups excluding tert-OH is 1. The summed E-state index contributed by atoms with van der Waals surface area (Å²) in [7, 11) is 0. The first kappa shape index (κ1) is 15.6. The van der Waals surface area contributed by atoms with E-state index in [1.165, 1.54) is 11.3 Å². The summed E-state index contributed by atoms with van der Waals surface area (Å²) in [5.74, 6) is 5.56. The second kappa shape index (κ2) is 9.50. The minimum Gasteiger partial charge on any atom is -0.395 e. The van der Waals surface area contributed by atoms with Gasteiger partial charge in [0.2, 0.25) is 5.91 Å². The minimum atomic E-state index is -0.111. The molecule has 0 saturated heterocycles. The number of rotatable bonds is 7. The summed E-state index contributed by atoms with van der Waals surface area (Å²) in [6.07, 6.45) is 3.32. The fourth-order valence-corrected chi connectivity index (χ4v) is 1.90. The molecule has 19 heavy (non-hydrogen) atoms. The van der Waals surface area contributed by atoms with Gasteiger partial charge < -0.3 is 15.2 Å². The first-order valence-electron chi connectivity index (χ1n) is 6.19. The van der Waals surface area contributed by atoms with Gasteiger partial charge >= 0.3 is 0 Å². The summed E-state index contributed by atoms with van der Waals surface area (Å²) >= 11 is 1.32. The van der Waals surface area contributed by atoms with E-state index in [4.69, 9.17) is 9.84 Å². The van der Waals surface area contributed by atoms with Gasteiger partial charge in [-0.25, -0.2) is 4.98 Å². The van der Waals surface area contributed by atoms with Gasteiger partial charge in [-0.15, -0.1) is 0 Å². The number of thiazole rings is 1. The van der Waals surface area contributed by atoms with E-state index in [1.54, 1.807) is 6.20 Å². The van der Waals surface area contributed by atoms with Crippen LogP contribution in [0, 0.1) is 11.8 Å². The first-order valence-corrected chi connectivity index (χ1v) is 7.01. The molecule has 0 aromatic carbocycles. The summed E-state index contributed by atoms with van der Waals surface area (Å²) in [4.78, 5) is 16.4. The van der Waals surface area contributed by atoms with Gasteiger partial charge in [-0.3, -0.25) is 4.79 Å². The highest BCUT2D eigenvalue weighted by Crippen LogP contribution is 2.17. The molecular weight excluding hydrogens is 264 g/mol. The predicted octanol–water partition coefficient (Wildman–Crippen LogP) is 1.63. The van der Waals surface area contributed by atoms with Crippen molar-refractivity contribution in [2.75, 3.05) is 25.1 Å². The van der Waals surface area contributed by atoms with Crippen molar-refractivity contribution in [3.8, 4) is 11.8 Å². The largest absolute Gasteiger partial charge is 0.395 e. The number of carbonyl (C=O) groups is 1. The van der Waals surface area contributed by atoms with Crippen molar-refractivity contribution in [1.82, 2.24) is 4.98 Å². The van der Waals surface area contributed by atoms with Crippen LogP contribution >= 0.6 is 11.3 Å². The third kappa shape index (κ3) is 6.91. The van der Waals surface area contributed by atoms with Crippen LogP contribution in [0.15, 0.2) is 6.20 Å². The van der Waals surface area contributed by atoms with Gasteiger partial charge in [0.1, 0.15) is 0 Å². The zero-order valence-electron chi connectivity index (χ0n) is 10.9. The number of anilines is 1. The van der Waals surface area contributed by atoms with Crippen LogP contribution in [0.5, 0.6) is 0 Å². The molecule has 1 aromatic rings. The number of nitrogens with zero attached hydrogens (tertiary/aromatic N) is 1. The summed E-state index contributed by atoms with van der Waals surface area (Å²) in [6.45, 7) is 3.17. The Morgan fingerprint density at radius 2 is 2.42 bits per heavy atom. The maximum absolute atomic E-state index is 11.6. The smallest absolute Gasteiger partial charge is 0.228 e. The molecule has 104 valence electrons. The molecule has 1 rings (SSSR count). The average Bonchev–Trinajstić information content (AvgIpc) is 2.83. The number of ether oxygens (including phenoxy) is 1. The Labute approximate surface area is 117 Å². The summed E-state index contributed by atoms with van der Waals surface area (Å²) < 4.78 is 5.24. The molecule has 1 aromatic heterocycles. The molecule has 0 aliphatic carbocycles. The zero-order valence-corrected chi connectivity index (χ0v) is 11.8. The minimum absolute atomic E-state index is 0.0488. The Morgan fingerprint density at radius 1 is 1.58 bits per heavy atom. The van der Waals surface area contributed by atoms with Crippen LogP contribution in [0.1, 0.15) is 31.1 Å². The molecule has 0 radical (unpaired) electrons. The van der Waals surface area contributed by atoms with Crippen LogP contribution < -0.4 is 5.32 Å². The topological polar surface area (TPSA) is 71.5 Å². The molecule has 0 saturated carbocycles. The third-order valence-electron chi connectivity index (χ3n) is 2.02. The van der Waals surface area contributed by atoms with Crippen molar-refractivity contribution in [3.05, 3.63) is 11.1 Å². The Kier molecular flexibility index (Phi) is 7.82. The number of amides is 1. The van der Waals surface area contributed by atoms with E-state index in [9.17, 15) is 4.79 Å². The summed E-state index contributed by atoms with van der Waals surface area (Å²) in [5.41, 5.74) is 0. The normalized spacial score (nSPS) is 9.79. The van der Waals surface area contributed by atoms with Gasteiger partial charge in [0, 0.05) is 13.0 Å². The molecule has 6 heteroatoms. The second-order valence-corrected chi connectivity index (χ2v) is 4.75. The van der Waals surface area contributed by atoms with Crippen molar-refractivity contribution in [2.45, 2.75) is 26.2 Å². The monoisotopic (exact) mass is 282 g/mol. The average molecular weight is 282 g/mol. The molecule has 0 aliphatic rings. The van der Waals surface area contributed by atoms with E-state index in [1.807, 2.05) is 6.92 Å². The van der Waals surface area contributed by atoms with Crippen LogP contribution in [0.4, 0.5) is 5.13 Å². The molecule has 0 bridgehead atoms. The number of nitrogens with one attached hydrogen (secondary N) is 1. The highest BCUT2D eigenvalue weighted by Gasteiger charge is 2.05. The molecule has 5 nitrogen and oxygen atoms in total. The molecule has 0 atom stereocenters. The van der Waals surface area contributed by atoms with Gasteiger partial charge in [-0.2, -0.15) is 0 Å². The quantitative estimate of drug-likeness (QED) is 0.589. The highest BCUT2D eigenvalue weighted by atomic mass is 32.1. The third-order valence-corrected chi connectivity index (χ3v) is 2.85. The van der Waals surface area contributed by atoms with Crippen LogP contribution in [-0.4, -0.2) is 35.8 Å². The lowest BCUT2D eigenvalue weighted by atomic mass is 10.4. The van der Waals surface area contributed by atoms with E-state index in [0.29, 0.717) is 31.2 Å². The SMILES string of the molecule is CCCOCCC(=O)Nc1ncc(C#CCCO)s1. The van der Waals surface area contributed by atoms with Gasteiger partial charge in [0.25, 0.3) is 0 Å². The lowest BCUT2D eigenvalue weighted by Crippen LogP contribution is -2.14. The lowest BCUT2D eigenvalue weighted by molar-refractivity contribution is -0.117. The van der Waals surface area contributed by atoms with E-state index < -0.39 is 0 Å². The lowest BCUT2D eigenvalue weighted by Gasteiger charge is -2.02. The van der Waals surface area contributed by atoms with Crippen LogP contribution in [0.2, 0.25) is 0 Å². The van der Waals surface area contributed by atoms with Crippen molar-refractivity contribution >= 4 is 22.4 Å². The highest BCUT2D eigenvalue weighted by molar-refractivity contribution is 7.16. The van der Waals surface area contributed by atoms with Crippen LogP contribution in [0.25, 0.3) is 0 Å². The molecule has 2 N–H and O–H groups in total. The molecular formula is C13H18N2O3S. The van der Waals surface area contributed by atoms with Crippen molar-refractivity contribution in [3.63, 3.8) is 0 Å². The Hall–Kier alpha value is -1.42. The predicted molar refractivity (Wildman–Crippen MR) is 75.1 cm³/mol. The first-order chi connectivity index (χ1) is 9.26. The van der Waals surface area contributed by atoms with Crippen LogP contribution in [0.3, 0.4) is 0 Å². The number of hydrogen-bond donors (Lipinski definition) is 2. The van der Waals surface area contributed by atoms with E-state index in [-0.39, 0.29) is 12.5 Å². The molecule has 1 amide bonds. The Morgan fingerprint density at radius 3 is 3.16 bits per heavy atom. The van der Waals surface area contributed by atoms with E-state index in [0.717, 1.165) is 11.3 Å². The number of aliphatic hydroxyl groups is 1. The van der Waals surface area contributed by atoms with Crippen molar-refractivity contribution < 1.29 is 14.6 Å². The van der Waals surface area contributed by atoms with E-state index in [2.05, 4.69) is 22.1 Å². The molecule has 0 unspecified atom stereocenters. The maximum Gasteiger partial charge on any atom is 0.228 e. The number of aromatic nitrogens is 1.